The quantitative estimate of drug-likeness (QED) is 0.364. The van der Waals surface area contributed by atoms with E-state index in [-0.39, 0.29) is 24.0 Å². The second kappa shape index (κ2) is 11.6. The Bertz CT molecular complexity index is 399. The number of hydrogen-bond donors (Lipinski definition) is 1. The van der Waals surface area contributed by atoms with Crippen LogP contribution in [-0.4, -0.2) is 100 Å². The molecule has 2 aliphatic heterocycles. The fourth-order valence-electron chi connectivity index (χ4n) is 3.86. The van der Waals surface area contributed by atoms with Gasteiger partial charge in [0.15, 0.2) is 5.96 Å². The molecular weight excluding hydrogens is 429 g/mol. The van der Waals surface area contributed by atoms with Crippen LogP contribution >= 0.6 is 24.0 Å². The fraction of sp³-hybridized carbons (Fsp3) is 0.944. The number of likely N-dealkylation sites (tertiary alicyclic amines) is 1. The van der Waals surface area contributed by atoms with Gasteiger partial charge in [-0.1, -0.05) is 13.8 Å². The first-order valence-electron chi connectivity index (χ1n) is 9.42. The predicted octanol–water partition coefficient (Wildman–Crippen LogP) is 1.42. The smallest absolute Gasteiger partial charge is 0.193 e. The Morgan fingerprint density at radius 3 is 2.44 bits per heavy atom. The summed E-state index contributed by atoms with van der Waals surface area (Å²) in [7, 11) is 5.90. The maximum absolute atomic E-state index is 5.31. The standard InChI is InChI=1S/C18H37N5O.HI/c1-15(2)17(22-10-8-21(4)9-11-22)12-20-18(19-3)23-7-6-16(13-23)14-24-5;/h15-17H,6-14H2,1-5H3,(H,19,20);1H. The number of hydrogen-bond acceptors (Lipinski definition) is 4. The Morgan fingerprint density at radius 2 is 1.88 bits per heavy atom. The van der Waals surface area contributed by atoms with E-state index in [0.29, 0.717) is 17.9 Å². The van der Waals surface area contributed by atoms with E-state index >= 15 is 0 Å². The van der Waals surface area contributed by atoms with Gasteiger partial charge in [0.05, 0.1) is 6.61 Å². The minimum atomic E-state index is 0. The zero-order valence-electron chi connectivity index (χ0n) is 16.7. The summed E-state index contributed by atoms with van der Waals surface area (Å²) in [6.07, 6.45) is 1.20. The third kappa shape index (κ3) is 6.84. The third-order valence-electron chi connectivity index (χ3n) is 5.45. The van der Waals surface area contributed by atoms with Crippen LogP contribution in [0.25, 0.3) is 0 Å². The number of likely N-dealkylation sites (N-methyl/N-ethyl adjacent to an activating group) is 1. The van der Waals surface area contributed by atoms with Crippen molar-refractivity contribution in [2.45, 2.75) is 26.3 Å². The van der Waals surface area contributed by atoms with Crippen molar-refractivity contribution in [1.82, 2.24) is 20.0 Å². The van der Waals surface area contributed by atoms with Gasteiger partial charge >= 0.3 is 0 Å². The normalized spacial score (nSPS) is 24.5. The number of guanidine groups is 1. The minimum absolute atomic E-state index is 0. The summed E-state index contributed by atoms with van der Waals surface area (Å²) < 4.78 is 5.31. The number of ether oxygens (including phenoxy) is 1. The number of piperazine rings is 1. The summed E-state index contributed by atoms with van der Waals surface area (Å²) in [6, 6.07) is 0.563. The number of methoxy groups -OCH3 is 1. The van der Waals surface area contributed by atoms with E-state index in [4.69, 9.17) is 4.74 Å². The van der Waals surface area contributed by atoms with Gasteiger partial charge in [0.2, 0.25) is 0 Å². The topological polar surface area (TPSA) is 43.3 Å². The first-order chi connectivity index (χ1) is 11.5. The molecule has 2 saturated heterocycles. The molecule has 0 aromatic carbocycles. The molecule has 0 bridgehead atoms. The highest BCUT2D eigenvalue weighted by molar-refractivity contribution is 14.0. The molecular formula is C18H38IN5O. The monoisotopic (exact) mass is 467 g/mol. The van der Waals surface area contributed by atoms with Gasteiger partial charge in [-0.05, 0) is 19.4 Å². The van der Waals surface area contributed by atoms with Crippen molar-refractivity contribution < 1.29 is 4.74 Å². The highest BCUT2D eigenvalue weighted by Gasteiger charge is 2.28. The van der Waals surface area contributed by atoms with Crippen molar-refractivity contribution in [3.63, 3.8) is 0 Å². The van der Waals surface area contributed by atoms with Crippen LogP contribution in [0.15, 0.2) is 4.99 Å². The Kier molecular flexibility index (Phi) is 10.6. The van der Waals surface area contributed by atoms with E-state index in [9.17, 15) is 0 Å². The van der Waals surface area contributed by atoms with Crippen molar-refractivity contribution in [2.75, 3.05) is 73.6 Å². The first-order valence-corrected chi connectivity index (χ1v) is 9.42. The van der Waals surface area contributed by atoms with Gasteiger partial charge in [-0.25, -0.2) is 0 Å². The summed E-state index contributed by atoms with van der Waals surface area (Å²) in [4.78, 5) is 12.0. The Labute approximate surface area is 171 Å². The second-order valence-electron chi connectivity index (χ2n) is 7.63. The predicted molar refractivity (Wildman–Crippen MR) is 116 cm³/mol. The van der Waals surface area contributed by atoms with E-state index in [1.165, 1.54) is 32.6 Å². The molecule has 1 N–H and O–H groups in total. The molecule has 6 nitrogen and oxygen atoms in total. The van der Waals surface area contributed by atoms with E-state index in [1.54, 1.807) is 7.11 Å². The lowest BCUT2D eigenvalue weighted by atomic mass is 10.0. The third-order valence-corrected chi connectivity index (χ3v) is 5.45. The first kappa shape index (κ1) is 22.9. The molecule has 25 heavy (non-hydrogen) atoms. The lowest BCUT2D eigenvalue weighted by Crippen LogP contribution is -2.55. The molecule has 0 spiro atoms. The summed E-state index contributed by atoms with van der Waals surface area (Å²) >= 11 is 0. The molecule has 0 aromatic rings. The molecule has 2 atom stereocenters. The highest BCUT2D eigenvalue weighted by Crippen LogP contribution is 2.17. The average molecular weight is 467 g/mol. The summed E-state index contributed by atoms with van der Waals surface area (Å²) in [6.45, 7) is 13.3. The number of aliphatic imine (C=N–C) groups is 1. The lowest BCUT2D eigenvalue weighted by Gasteiger charge is -2.40. The van der Waals surface area contributed by atoms with Crippen LogP contribution in [0.2, 0.25) is 0 Å². The maximum atomic E-state index is 5.31. The molecule has 2 heterocycles. The Hall–Kier alpha value is -0.120. The molecule has 0 saturated carbocycles. The maximum Gasteiger partial charge on any atom is 0.193 e. The van der Waals surface area contributed by atoms with Crippen molar-refractivity contribution in [2.24, 2.45) is 16.8 Å². The minimum Gasteiger partial charge on any atom is -0.384 e. The molecule has 148 valence electrons. The summed E-state index contributed by atoms with van der Waals surface area (Å²) in [5, 5.41) is 3.64. The molecule has 2 aliphatic rings. The van der Waals surface area contributed by atoms with Crippen LogP contribution in [-0.2, 0) is 4.74 Å². The summed E-state index contributed by atoms with van der Waals surface area (Å²) in [5.41, 5.74) is 0. The zero-order valence-corrected chi connectivity index (χ0v) is 19.0. The van der Waals surface area contributed by atoms with Crippen LogP contribution in [0.5, 0.6) is 0 Å². The van der Waals surface area contributed by atoms with Gasteiger partial charge in [-0.3, -0.25) is 9.89 Å². The summed E-state index contributed by atoms with van der Waals surface area (Å²) in [5.74, 6) is 2.32. The molecule has 0 amide bonds. The molecule has 2 rings (SSSR count). The highest BCUT2D eigenvalue weighted by atomic mass is 127. The van der Waals surface area contributed by atoms with Crippen molar-refractivity contribution in [1.29, 1.82) is 0 Å². The van der Waals surface area contributed by atoms with Crippen LogP contribution in [0.4, 0.5) is 0 Å². The van der Waals surface area contributed by atoms with Gasteiger partial charge in [0, 0.05) is 71.9 Å². The van der Waals surface area contributed by atoms with Gasteiger partial charge < -0.3 is 19.9 Å². The van der Waals surface area contributed by atoms with Crippen molar-refractivity contribution in [3.8, 4) is 0 Å². The van der Waals surface area contributed by atoms with Crippen LogP contribution in [0, 0.1) is 11.8 Å². The van der Waals surface area contributed by atoms with E-state index in [1.807, 2.05) is 7.05 Å². The van der Waals surface area contributed by atoms with Crippen molar-refractivity contribution in [3.05, 3.63) is 0 Å². The largest absolute Gasteiger partial charge is 0.384 e. The van der Waals surface area contributed by atoms with Crippen molar-refractivity contribution >= 4 is 29.9 Å². The van der Waals surface area contributed by atoms with E-state index in [0.717, 1.165) is 32.2 Å². The van der Waals surface area contributed by atoms with E-state index < -0.39 is 0 Å². The number of halogens is 1. The molecule has 0 aliphatic carbocycles. The molecule has 2 unspecified atom stereocenters. The van der Waals surface area contributed by atoms with Gasteiger partial charge in [-0.15, -0.1) is 24.0 Å². The molecule has 2 fully saturated rings. The average Bonchev–Trinajstić information content (AvgIpc) is 3.01. The van der Waals surface area contributed by atoms with Crippen LogP contribution < -0.4 is 5.32 Å². The van der Waals surface area contributed by atoms with Gasteiger partial charge in [0.1, 0.15) is 0 Å². The second-order valence-corrected chi connectivity index (χ2v) is 7.63. The number of nitrogens with one attached hydrogen (secondary N) is 1. The van der Waals surface area contributed by atoms with Crippen LogP contribution in [0.1, 0.15) is 20.3 Å². The SMILES string of the molecule is CN=C(NCC(C(C)C)N1CCN(C)CC1)N1CCC(COC)C1.I. The molecule has 7 heteroatoms. The number of nitrogens with zero attached hydrogens (tertiary/aromatic N) is 4. The molecule has 0 aromatic heterocycles. The molecule has 0 radical (unpaired) electrons. The zero-order chi connectivity index (χ0) is 17.5. The lowest BCUT2D eigenvalue weighted by molar-refractivity contribution is 0.0896. The fourth-order valence-corrected chi connectivity index (χ4v) is 3.86. The Morgan fingerprint density at radius 1 is 1.20 bits per heavy atom. The van der Waals surface area contributed by atoms with Gasteiger partial charge in [-0.2, -0.15) is 0 Å². The van der Waals surface area contributed by atoms with Gasteiger partial charge in [0.25, 0.3) is 0 Å². The van der Waals surface area contributed by atoms with Crippen LogP contribution in [0.3, 0.4) is 0 Å². The van der Waals surface area contributed by atoms with E-state index in [2.05, 4.69) is 45.9 Å². The Balaban J connectivity index is 0.00000312. The number of rotatable bonds is 6.